The summed E-state index contributed by atoms with van der Waals surface area (Å²) in [6.07, 6.45) is 5.39. The molecule has 9 heteroatoms. The Bertz CT molecular complexity index is 697. The highest BCUT2D eigenvalue weighted by molar-refractivity contribution is 7.88. The molecule has 0 aliphatic carbocycles. The van der Waals surface area contributed by atoms with Crippen LogP contribution in [0.4, 0.5) is 10.6 Å². The fourth-order valence-electron chi connectivity index (χ4n) is 3.35. The van der Waals surface area contributed by atoms with Gasteiger partial charge in [-0.15, -0.1) is 0 Å². The number of amides is 2. The first-order valence-corrected chi connectivity index (χ1v) is 10.4. The van der Waals surface area contributed by atoms with E-state index in [2.05, 4.69) is 15.6 Å². The first-order valence-electron chi connectivity index (χ1n) is 8.60. The number of anilines is 1. The molecule has 2 unspecified atom stereocenters. The maximum Gasteiger partial charge on any atom is 0.317 e. The smallest absolute Gasteiger partial charge is 0.317 e. The van der Waals surface area contributed by atoms with Crippen LogP contribution in [0.3, 0.4) is 0 Å². The molecule has 25 heavy (non-hydrogen) atoms. The summed E-state index contributed by atoms with van der Waals surface area (Å²) in [4.78, 5) is 18.5. The van der Waals surface area contributed by atoms with Crippen molar-refractivity contribution >= 4 is 21.9 Å². The summed E-state index contributed by atoms with van der Waals surface area (Å²) in [7, 11) is -3.21. The predicted octanol–water partition coefficient (Wildman–Crippen LogP) is 0.701. The van der Waals surface area contributed by atoms with Crippen LogP contribution in [-0.4, -0.2) is 73.2 Å². The topological polar surface area (TPSA) is 94.6 Å². The SMILES string of the molecule is CS(=O)(=O)N1CCCC(NC(=O)N2CCC(Nc3ccccn3)C2)C1. The molecular formula is C16H25N5O3S. The molecule has 3 rings (SSSR count). The van der Waals surface area contributed by atoms with Crippen molar-refractivity contribution in [2.24, 2.45) is 0 Å². The van der Waals surface area contributed by atoms with E-state index in [0.717, 1.165) is 25.1 Å². The summed E-state index contributed by atoms with van der Waals surface area (Å²) in [5.74, 6) is 0.811. The highest BCUT2D eigenvalue weighted by atomic mass is 32.2. The van der Waals surface area contributed by atoms with E-state index in [1.54, 1.807) is 11.1 Å². The van der Waals surface area contributed by atoms with Gasteiger partial charge in [0.15, 0.2) is 0 Å². The summed E-state index contributed by atoms with van der Waals surface area (Å²) in [6.45, 7) is 2.18. The first kappa shape index (κ1) is 17.9. The zero-order valence-electron chi connectivity index (χ0n) is 14.4. The van der Waals surface area contributed by atoms with Gasteiger partial charge >= 0.3 is 6.03 Å². The lowest BCUT2D eigenvalue weighted by Gasteiger charge is -2.32. The maximum absolute atomic E-state index is 12.5. The van der Waals surface area contributed by atoms with Gasteiger partial charge in [0.05, 0.1) is 6.26 Å². The molecule has 2 aliphatic heterocycles. The van der Waals surface area contributed by atoms with Gasteiger partial charge in [-0.25, -0.2) is 22.5 Å². The van der Waals surface area contributed by atoms with Gasteiger partial charge in [-0.2, -0.15) is 0 Å². The fraction of sp³-hybridized carbons (Fsp3) is 0.625. The van der Waals surface area contributed by atoms with Crippen molar-refractivity contribution in [1.29, 1.82) is 0 Å². The van der Waals surface area contributed by atoms with Gasteiger partial charge in [0.1, 0.15) is 5.82 Å². The largest absolute Gasteiger partial charge is 0.365 e. The van der Waals surface area contributed by atoms with Crippen LogP contribution in [0.2, 0.25) is 0 Å². The van der Waals surface area contributed by atoms with Gasteiger partial charge in [0, 0.05) is 44.5 Å². The van der Waals surface area contributed by atoms with Crippen molar-refractivity contribution in [1.82, 2.24) is 19.5 Å². The molecule has 2 fully saturated rings. The Balaban J connectivity index is 1.49. The second-order valence-corrected chi connectivity index (χ2v) is 8.68. The van der Waals surface area contributed by atoms with E-state index in [4.69, 9.17) is 0 Å². The third-order valence-corrected chi connectivity index (χ3v) is 5.94. The van der Waals surface area contributed by atoms with Gasteiger partial charge in [0.25, 0.3) is 0 Å². The molecule has 138 valence electrons. The maximum atomic E-state index is 12.5. The zero-order chi connectivity index (χ0) is 17.9. The van der Waals surface area contributed by atoms with Gasteiger partial charge < -0.3 is 15.5 Å². The Morgan fingerprint density at radius 1 is 1.20 bits per heavy atom. The molecule has 0 saturated carbocycles. The monoisotopic (exact) mass is 367 g/mol. The number of sulfonamides is 1. The van der Waals surface area contributed by atoms with Gasteiger partial charge in [-0.3, -0.25) is 0 Å². The number of pyridine rings is 1. The van der Waals surface area contributed by atoms with E-state index in [-0.39, 0.29) is 18.1 Å². The lowest BCUT2D eigenvalue weighted by molar-refractivity contribution is 0.195. The Morgan fingerprint density at radius 2 is 2.04 bits per heavy atom. The number of carbonyl (C=O) groups is 1. The second kappa shape index (κ2) is 7.57. The molecule has 2 amide bonds. The molecule has 0 spiro atoms. The molecule has 0 aromatic carbocycles. The highest BCUT2D eigenvalue weighted by Crippen LogP contribution is 2.16. The molecular weight excluding hydrogens is 342 g/mol. The van der Waals surface area contributed by atoms with Gasteiger partial charge in [0.2, 0.25) is 10.0 Å². The summed E-state index contributed by atoms with van der Waals surface area (Å²) < 4.78 is 24.8. The molecule has 1 aromatic rings. The lowest BCUT2D eigenvalue weighted by atomic mass is 10.1. The molecule has 0 bridgehead atoms. The Kier molecular flexibility index (Phi) is 5.43. The van der Waals surface area contributed by atoms with E-state index < -0.39 is 10.0 Å². The number of hydrogen-bond donors (Lipinski definition) is 2. The molecule has 1 aromatic heterocycles. The molecule has 0 radical (unpaired) electrons. The first-order chi connectivity index (χ1) is 11.9. The normalized spacial score (nSPS) is 24.9. The summed E-state index contributed by atoms with van der Waals surface area (Å²) in [5.41, 5.74) is 0. The summed E-state index contributed by atoms with van der Waals surface area (Å²) in [6, 6.07) is 5.63. The number of rotatable bonds is 4. The minimum absolute atomic E-state index is 0.120. The number of hydrogen-bond acceptors (Lipinski definition) is 5. The number of nitrogens with zero attached hydrogens (tertiary/aromatic N) is 3. The Morgan fingerprint density at radius 3 is 2.76 bits per heavy atom. The number of carbonyl (C=O) groups excluding carboxylic acids is 1. The number of nitrogens with one attached hydrogen (secondary N) is 2. The lowest BCUT2D eigenvalue weighted by Crippen LogP contribution is -2.52. The van der Waals surface area contributed by atoms with E-state index >= 15 is 0 Å². The van der Waals surface area contributed by atoms with Gasteiger partial charge in [-0.05, 0) is 31.4 Å². The van der Waals surface area contributed by atoms with Gasteiger partial charge in [-0.1, -0.05) is 6.07 Å². The van der Waals surface area contributed by atoms with Crippen LogP contribution in [0.15, 0.2) is 24.4 Å². The van der Waals surface area contributed by atoms with Crippen molar-refractivity contribution < 1.29 is 13.2 Å². The van der Waals surface area contributed by atoms with Crippen molar-refractivity contribution in [2.75, 3.05) is 37.8 Å². The molecule has 2 saturated heterocycles. The minimum atomic E-state index is -3.21. The molecule has 2 N–H and O–H groups in total. The molecule has 2 aliphatic rings. The number of aromatic nitrogens is 1. The minimum Gasteiger partial charge on any atom is -0.365 e. The number of likely N-dealkylation sites (tertiary alicyclic amines) is 1. The van der Waals surface area contributed by atoms with Crippen molar-refractivity contribution in [3.8, 4) is 0 Å². The van der Waals surface area contributed by atoms with E-state index in [1.807, 2.05) is 18.2 Å². The van der Waals surface area contributed by atoms with Crippen LogP contribution < -0.4 is 10.6 Å². The van der Waals surface area contributed by atoms with Crippen molar-refractivity contribution in [2.45, 2.75) is 31.3 Å². The Labute approximate surface area is 148 Å². The summed E-state index contributed by atoms with van der Waals surface area (Å²) >= 11 is 0. The van der Waals surface area contributed by atoms with Crippen LogP contribution >= 0.6 is 0 Å². The quantitative estimate of drug-likeness (QED) is 0.817. The van der Waals surface area contributed by atoms with E-state index in [0.29, 0.717) is 26.2 Å². The highest BCUT2D eigenvalue weighted by Gasteiger charge is 2.30. The van der Waals surface area contributed by atoms with Crippen LogP contribution in [0.25, 0.3) is 0 Å². The van der Waals surface area contributed by atoms with Crippen LogP contribution in [-0.2, 0) is 10.0 Å². The Hall–Kier alpha value is -1.87. The standard InChI is InChI=1S/C16H25N5O3S/c1-25(23,24)21-9-4-5-13(12-21)19-16(22)20-10-7-14(11-20)18-15-6-2-3-8-17-15/h2-3,6,8,13-14H,4-5,7,9-12H2,1H3,(H,17,18)(H,19,22). The average molecular weight is 367 g/mol. The second-order valence-electron chi connectivity index (χ2n) is 6.70. The van der Waals surface area contributed by atoms with Crippen molar-refractivity contribution in [3.05, 3.63) is 24.4 Å². The van der Waals surface area contributed by atoms with Crippen LogP contribution in [0, 0.1) is 0 Å². The van der Waals surface area contributed by atoms with Crippen molar-refractivity contribution in [3.63, 3.8) is 0 Å². The predicted molar refractivity (Wildman–Crippen MR) is 95.8 cm³/mol. The van der Waals surface area contributed by atoms with E-state index in [9.17, 15) is 13.2 Å². The third-order valence-electron chi connectivity index (χ3n) is 4.67. The summed E-state index contributed by atoms with van der Waals surface area (Å²) in [5, 5.41) is 6.32. The van der Waals surface area contributed by atoms with Crippen LogP contribution in [0.1, 0.15) is 19.3 Å². The van der Waals surface area contributed by atoms with Crippen LogP contribution in [0.5, 0.6) is 0 Å². The molecule has 2 atom stereocenters. The number of urea groups is 1. The third kappa shape index (κ3) is 4.82. The molecule has 8 nitrogen and oxygen atoms in total. The average Bonchev–Trinajstić information content (AvgIpc) is 3.04. The number of piperidine rings is 1. The fourth-order valence-corrected chi connectivity index (χ4v) is 4.26. The van der Waals surface area contributed by atoms with E-state index in [1.165, 1.54) is 10.6 Å². The zero-order valence-corrected chi connectivity index (χ0v) is 15.2. The molecule has 3 heterocycles.